The van der Waals surface area contributed by atoms with Crippen molar-refractivity contribution >= 4 is 0 Å². The molecule has 14 rings (SSSR count). The molecule has 0 atom stereocenters. The van der Waals surface area contributed by atoms with Crippen LogP contribution in [0.3, 0.4) is 0 Å². The molecule has 3 nitrogen and oxygen atoms in total. The van der Waals surface area contributed by atoms with Crippen LogP contribution in [0.15, 0.2) is 237 Å². The van der Waals surface area contributed by atoms with Crippen LogP contribution in [0.4, 0.5) is 0 Å². The number of aromatic nitrogens is 3. The van der Waals surface area contributed by atoms with Crippen LogP contribution in [0.2, 0.25) is 0 Å². The van der Waals surface area contributed by atoms with E-state index in [-0.39, 0.29) is 0 Å². The molecule has 0 fully saturated rings. The van der Waals surface area contributed by atoms with E-state index in [0.717, 1.165) is 50.9 Å². The molecule has 3 aliphatic carbocycles. The molecule has 68 heavy (non-hydrogen) atoms. The van der Waals surface area contributed by atoms with Crippen molar-refractivity contribution in [2.45, 2.75) is 11.8 Å². The van der Waals surface area contributed by atoms with Crippen LogP contribution in [-0.2, 0) is 11.8 Å². The molecule has 0 unspecified atom stereocenters. The van der Waals surface area contributed by atoms with E-state index in [1.807, 2.05) is 0 Å². The molecule has 1 aromatic heterocycles. The molecule has 10 aromatic carbocycles. The predicted octanol–water partition coefficient (Wildman–Crippen LogP) is 15.8. The standard InChI is InChI=1S/C65H41N3/c1-3-18-41(19-4-1)46-37-47(42-20-5-2-6-21-42)39-48(38-46)63-66-62(45-35-34-44-36-43-22-7-8-23-49(43)56(44)40-45)67-64(68-63)55-29-17-33-60-61(55)54-28-13-16-32-59(54)65(60)57-30-14-11-26-52(57)50-24-9-10-25-51(50)53-27-12-15-31-58(53)65/h1-35,37-40H,36H2. The average molecular weight is 864 g/mol. The molecule has 11 aromatic rings. The zero-order chi connectivity index (χ0) is 44.8. The van der Waals surface area contributed by atoms with Gasteiger partial charge in [-0.05, 0) is 131 Å². The first-order valence-corrected chi connectivity index (χ1v) is 23.5. The fourth-order valence-corrected chi connectivity index (χ4v) is 11.7. The Bertz CT molecular complexity index is 3710. The van der Waals surface area contributed by atoms with Crippen molar-refractivity contribution in [1.82, 2.24) is 15.0 Å². The fourth-order valence-electron chi connectivity index (χ4n) is 11.7. The van der Waals surface area contributed by atoms with Gasteiger partial charge < -0.3 is 0 Å². The number of hydrogen-bond donors (Lipinski definition) is 0. The van der Waals surface area contributed by atoms with Gasteiger partial charge in [-0.2, -0.15) is 0 Å². The van der Waals surface area contributed by atoms with E-state index in [1.165, 1.54) is 72.3 Å². The van der Waals surface area contributed by atoms with Gasteiger partial charge in [0.1, 0.15) is 0 Å². The van der Waals surface area contributed by atoms with E-state index >= 15 is 0 Å². The molecule has 316 valence electrons. The summed E-state index contributed by atoms with van der Waals surface area (Å²) in [5, 5.41) is 0. The van der Waals surface area contributed by atoms with Crippen molar-refractivity contribution in [3.63, 3.8) is 0 Å². The summed E-state index contributed by atoms with van der Waals surface area (Å²) in [6, 6.07) is 86.2. The Labute approximate surface area is 395 Å². The molecular weight excluding hydrogens is 823 g/mol. The van der Waals surface area contributed by atoms with Gasteiger partial charge in [-0.1, -0.05) is 212 Å². The fraction of sp³-hybridized carbons (Fsp3) is 0.0308. The predicted molar refractivity (Wildman–Crippen MR) is 277 cm³/mol. The highest BCUT2D eigenvalue weighted by Crippen LogP contribution is 2.62. The van der Waals surface area contributed by atoms with E-state index in [2.05, 4.69) is 237 Å². The lowest BCUT2D eigenvalue weighted by Gasteiger charge is -2.35. The molecule has 0 N–H and O–H groups in total. The maximum absolute atomic E-state index is 5.58. The Morgan fingerprint density at radius 3 is 1.32 bits per heavy atom. The summed E-state index contributed by atoms with van der Waals surface area (Å²) >= 11 is 0. The van der Waals surface area contributed by atoms with Crippen molar-refractivity contribution in [2.24, 2.45) is 0 Å². The van der Waals surface area contributed by atoms with Gasteiger partial charge in [0.2, 0.25) is 0 Å². The van der Waals surface area contributed by atoms with Gasteiger partial charge in [-0.15, -0.1) is 0 Å². The van der Waals surface area contributed by atoms with Gasteiger partial charge in [0.15, 0.2) is 17.5 Å². The summed E-state index contributed by atoms with van der Waals surface area (Å²) in [5.74, 6) is 1.90. The normalized spacial score (nSPS) is 13.1. The number of hydrogen-bond acceptors (Lipinski definition) is 3. The maximum atomic E-state index is 5.58. The molecule has 1 heterocycles. The second-order valence-corrected chi connectivity index (χ2v) is 18.2. The van der Waals surface area contributed by atoms with E-state index in [0.29, 0.717) is 17.5 Å². The van der Waals surface area contributed by atoms with Crippen molar-refractivity contribution in [2.75, 3.05) is 0 Å². The van der Waals surface area contributed by atoms with Crippen LogP contribution in [0.1, 0.15) is 33.4 Å². The lowest BCUT2D eigenvalue weighted by molar-refractivity contribution is 0.775. The van der Waals surface area contributed by atoms with E-state index in [1.54, 1.807) is 0 Å². The summed E-state index contributed by atoms with van der Waals surface area (Å²) in [6.07, 6.45) is 0.919. The van der Waals surface area contributed by atoms with Crippen LogP contribution in [0, 0.1) is 0 Å². The van der Waals surface area contributed by atoms with Gasteiger partial charge in [-0.3, -0.25) is 0 Å². The minimum atomic E-state index is -0.630. The first-order chi connectivity index (χ1) is 33.7. The Morgan fingerprint density at radius 2 is 0.691 bits per heavy atom. The third kappa shape index (κ3) is 5.76. The molecule has 0 bridgehead atoms. The topological polar surface area (TPSA) is 38.7 Å². The first-order valence-electron chi connectivity index (χ1n) is 23.5. The molecule has 0 saturated carbocycles. The SMILES string of the molecule is c1ccc(-c2cc(-c3ccccc3)cc(-c3nc(-c4ccc5c(c4)-c4ccccc4C5)nc(-c4cccc5c4-c4ccccc4C54c5ccccc5-c5ccccc5-c5ccccc54)n3)c2)cc1. The summed E-state index contributed by atoms with van der Waals surface area (Å²) in [4.78, 5) is 16.6. The molecule has 3 aliphatic rings. The first kappa shape index (κ1) is 38.5. The highest BCUT2D eigenvalue weighted by molar-refractivity contribution is 6.00. The van der Waals surface area contributed by atoms with Crippen LogP contribution < -0.4 is 0 Å². The van der Waals surface area contributed by atoms with Gasteiger partial charge >= 0.3 is 0 Å². The third-order valence-electron chi connectivity index (χ3n) is 14.6. The lowest BCUT2D eigenvalue weighted by Crippen LogP contribution is -2.29. The molecular formula is C65H41N3. The summed E-state index contributed by atoms with van der Waals surface area (Å²) < 4.78 is 0. The summed E-state index contributed by atoms with van der Waals surface area (Å²) in [5.41, 5.74) is 24.2. The lowest BCUT2D eigenvalue weighted by atomic mass is 9.66. The Kier molecular flexibility index (Phi) is 8.56. The number of fused-ring (bicyclic) bond motifs is 15. The van der Waals surface area contributed by atoms with E-state index in [9.17, 15) is 0 Å². The van der Waals surface area contributed by atoms with Crippen LogP contribution in [-0.4, -0.2) is 15.0 Å². The number of rotatable bonds is 5. The Hall–Kier alpha value is -8.79. The van der Waals surface area contributed by atoms with E-state index in [4.69, 9.17) is 15.0 Å². The minimum absolute atomic E-state index is 0.625. The zero-order valence-corrected chi connectivity index (χ0v) is 37.1. The van der Waals surface area contributed by atoms with Crippen molar-refractivity contribution in [1.29, 1.82) is 0 Å². The summed E-state index contributed by atoms with van der Waals surface area (Å²) in [7, 11) is 0. The van der Waals surface area contributed by atoms with Crippen molar-refractivity contribution in [3.05, 3.63) is 270 Å². The zero-order valence-electron chi connectivity index (χ0n) is 37.1. The second-order valence-electron chi connectivity index (χ2n) is 18.2. The molecule has 3 heteroatoms. The number of benzene rings is 10. The van der Waals surface area contributed by atoms with E-state index < -0.39 is 5.41 Å². The average Bonchev–Trinajstić information content (AvgIpc) is 3.91. The molecule has 0 amide bonds. The van der Waals surface area contributed by atoms with Crippen LogP contribution in [0.5, 0.6) is 0 Å². The molecule has 0 radical (unpaired) electrons. The minimum Gasteiger partial charge on any atom is -0.208 e. The Morgan fingerprint density at radius 1 is 0.250 bits per heavy atom. The highest BCUT2D eigenvalue weighted by Gasteiger charge is 2.50. The van der Waals surface area contributed by atoms with Crippen LogP contribution in [0.25, 0.3) is 101 Å². The molecule has 1 spiro atoms. The van der Waals surface area contributed by atoms with Gasteiger partial charge in [0.25, 0.3) is 0 Å². The van der Waals surface area contributed by atoms with Crippen molar-refractivity contribution in [3.8, 4) is 101 Å². The second kappa shape index (κ2) is 15.1. The highest BCUT2D eigenvalue weighted by atomic mass is 15.0. The smallest absolute Gasteiger partial charge is 0.164 e. The number of nitrogens with zero attached hydrogens (tertiary/aromatic N) is 3. The monoisotopic (exact) mass is 863 g/mol. The van der Waals surface area contributed by atoms with Crippen LogP contribution >= 0.6 is 0 Å². The molecule has 0 aliphatic heterocycles. The summed E-state index contributed by atoms with van der Waals surface area (Å²) in [6.45, 7) is 0. The van der Waals surface area contributed by atoms with Gasteiger partial charge in [-0.25, -0.2) is 15.0 Å². The molecule has 0 saturated heterocycles. The van der Waals surface area contributed by atoms with Gasteiger partial charge in [0.05, 0.1) is 5.41 Å². The van der Waals surface area contributed by atoms with Crippen molar-refractivity contribution < 1.29 is 0 Å². The Balaban J connectivity index is 1.05. The largest absolute Gasteiger partial charge is 0.208 e. The third-order valence-corrected chi connectivity index (χ3v) is 14.6. The van der Waals surface area contributed by atoms with Gasteiger partial charge in [0, 0.05) is 16.7 Å². The quantitative estimate of drug-likeness (QED) is 0.173. The maximum Gasteiger partial charge on any atom is 0.164 e.